The zero-order chi connectivity index (χ0) is 25.5. The monoisotopic (exact) mass is 519 g/mol. The van der Waals surface area contributed by atoms with Crippen molar-refractivity contribution in [3.8, 4) is 28.7 Å². The maximum absolute atomic E-state index is 13.1. The van der Waals surface area contributed by atoms with E-state index < -0.39 is 12.5 Å². The summed E-state index contributed by atoms with van der Waals surface area (Å²) in [4.78, 5) is 29.3. The third kappa shape index (κ3) is 5.44. The van der Waals surface area contributed by atoms with Crippen LogP contribution in [0.2, 0.25) is 10.0 Å². The molecule has 0 amide bonds. The Balaban J connectivity index is 2.07. The van der Waals surface area contributed by atoms with Crippen LogP contribution in [0.25, 0.3) is 0 Å². The van der Waals surface area contributed by atoms with E-state index >= 15 is 0 Å². The molecular formula is C25H23Cl2NO7. The van der Waals surface area contributed by atoms with E-state index in [0.29, 0.717) is 34.7 Å². The summed E-state index contributed by atoms with van der Waals surface area (Å²) in [5, 5.41) is 0.403. The number of methoxy groups -OCH3 is 4. The highest BCUT2D eigenvalue weighted by Crippen LogP contribution is 2.46. The van der Waals surface area contributed by atoms with Crippen molar-refractivity contribution < 1.29 is 33.3 Å². The van der Waals surface area contributed by atoms with E-state index in [4.69, 9.17) is 46.9 Å². The van der Waals surface area contributed by atoms with Crippen LogP contribution in [0.15, 0.2) is 42.7 Å². The lowest BCUT2D eigenvalue weighted by Crippen LogP contribution is -2.16. The number of aromatic nitrogens is 1. The first-order valence-corrected chi connectivity index (χ1v) is 11.0. The highest BCUT2D eigenvalue weighted by molar-refractivity contribution is 6.36. The van der Waals surface area contributed by atoms with Crippen molar-refractivity contribution >= 4 is 35.3 Å². The number of aldehydes is 1. The number of halogens is 2. The summed E-state index contributed by atoms with van der Waals surface area (Å²) in [5.74, 6) is 0.185. The molecule has 10 heteroatoms. The predicted octanol–water partition coefficient (Wildman–Crippen LogP) is 5.02. The number of rotatable bonds is 11. The predicted molar refractivity (Wildman–Crippen MR) is 131 cm³/mol. The van der Waals surface area contributed by atoms with Gasteiger partial charge in [-0.05, 0) is 24.3 Å². The second-order valence-corrected chi connectivity index (χ2v) is 7.94. The standard InChI is InChI=1S/C25H23Cl2NO7/c1-31-14-5-7-21(32-2)16(9-14)20(30)13-35-24-15(6-8-22(33-3)25(24)34-4)17(12-29)23-18(26)10-28-11-19(23)27/h5-12,17H,13H2,1-4H3. The van der Waals surface area contributed by atoms with Gasteiger partial charge in [0.1, 0.15) is 17.8 Å². The lowest BCUT2D eigenvalue weighted by Gasteiger charge is -2.21. The van der Waals surface area contributed by atoms with Crippen LogP contribution < -0.4 is 23.7 Å². The summed E-state index contributed by atoms with van der Waals surface area (Å²) in [6, 6.07) is 8.10. The average Bonchev–Trinajstić information content (AvgIpc) is 2.88. The third-order valence-corrected chi connectivity index (χ3v) is 5.86. The largest absolute Gasteiger partial charge is 0.497 e. The minimum absolute atomic E-state index is 0.128. The number of hydrogen-bond acceptors (Lipinski definition) is 8. The fraction of sp³-hybridized carbons (Fsp3) is 0.240. The van der Waals surface area contributed by atoms with Crippen molar-refractivity contribution in [2.24, 2.45) is 0 Å². The smallest absolute Gasteiger partial charge is 0.204 e. The number of ketones is 1. The van der Waals surface area contributed by atoms with Crippen molar-refractivity contribution in [2.75, 3.05) is 35.0 Å². The minimum Gasteiger partial charge on any atom is -0.497 e. The van der Waals surface area contributed by atoms with E-state index in [1.807, 2.05) is 0 Å². The van der Waals surface area contributed by atoms with Gasteiger partial charge in [0, 0.05) is 23.5 Å². The molecule has 0 saturated heterocycles. The van der Waals surface area contributed by atoms with Gasteiger partial charge in [-0.1, -0.05) is 29.3 Å². The number of benzene rings is 2. The molecule has 35 heavy (non-hydrogen) atoms. The van der Waals surface area contributed by atoms with Crippen molar-refractivity contribution in [3.63, 3.8) is 0 Å². The Kier molecular flexibility index (Phi) is 8.78. The number of Topliss-reactive ketones (excluding diaryl/α,β-unsaturated/α-hetero) is 1. The van der Waals surface area contributed by atoms with Gasteiger partial charge in [-0.3, -0.25) is 9.78 Å². The Hall–Kier alpha value is -3.49. The number of nitrogens with zero attached hydrogens (tertiary/aromatic N) is 1. The molecule has 0 aliphatic carbocycles. The molecule has 2 aromatic carbocycles. The first kappa shape index (κ1) is 26.1. The van der Waals surface area contributed by atoms with Crippen LogP contribution in [-0.2, 0) is 4.79 Å². The lowest BCUT2D eigenvalue weighted by molar-refractivity contribution is -0.108. The molecule has 0 radical (unpaired) electrons. The Morgan fingerprint density at radius 3 is 2.14 bits per heavy atom. The topological polar surface area (TPSA) is 93.2 Å². The molecule has 8 nitrogen and oxygen atoms in total. The van der Waals surface area contributed by atoms with Crippen molar-refractivity contribution in [1.29, 1.82) is 0 Å². The Morgan fingerprint density at radius 2 is 1.57 bits per heavy atom. The molecule has 1 unspecified atom stereocenters. The maximum atomic E-state index is 13.1. The van der Waals surface area contributed by atoms with Crippen molar-refractivity contribution in [3.05, 3.63) is 69.5 Å². The Bertz CT molecular complexity index is 1210. The molecule has 0 aliphatic heterocycles. The number of hydrogen-bond donors (Lipinski definition) is 0. The molecule has 0 aliphatic rings. The summed E-state index contributed by atoms with van der Waals surface area (Å²) in [7, 11) is 5.83. The van der Waals surface area contributed by atoms with Crippen LogP contribution in [-0.4, -0.2) is 52.1 Å². The quantitative estimate of drug-likeness (QED) is 0.257. The normalized spacial score (nSPS) is 11.4. The maximum Gasteiger partial charge on any atom is 0.204 e. The Morgan fingerprint density at radius 1 is 0.914 bits per heavy atom. The average molecular weight is 520 g/mol. The first-order chi connectivity index (χ1) is 16.9. The molecule has 184 valence electrons. The molecule has 1 atom stereocenters. The number of pyridine rings is 1. The molecule has 1 aromatic heterocycles. The number of ether oxygens (including phenoxy) is 5. The van der Waals surface area contributed by atoms with Gasteiger partial charge in [0.15, 0.2) is 18.1 Å². The van der Waals surface area contributed by atoms with E-state index in [1.165, 1.54) is 40.8 Å². The molecule has 0 bridgehead atoms. The van der Waals surface area contributed by atoms with Crippen LogP contribution in [0, 0.1) is 0 Å². The highest BCUT2D eigenvalue weighted by Gasteiger charge is 2.28. The molecule has 1 heterocycles. The second kappa shape index (κ2) is 11.8. The van der Waals surface area contributed by atoms with E-state index in [-0.39, 0.29) is 32.9 Å². The fourth-order valence-corrected chi connectivity index (χ4v) is 4.17. The molecule has 0 saturated carbocycles. The first-order valence-electron chi connectivity index (χ1n) is 10.3. The number of carbonyl (C=O) groups is 2. The SMILES string of the molecule is COc1ccc(OC)c(C(=O)COc2c(C(C=O)c3c(Cl)cncc3Cl)ccc(OC)c2OC)c1. The van der Waals surface area contributed by atoms with Gasteiger partial charge in [-0.2, -0.15) is 0 Å². The summed E-state index contributed by atoms with van der Waals surface area (Å²) in [6.07, 6.45) is 3.45. The van der Waals surface area contributed by atoms with Gasteiger partial charge < -0.3 is 28.5 Å². The molecule has 3 rings (SSSR count). The molecular weight excluding hydrogens is 497 g/mol. The number of carbonyl (C=O) groups excluding carboxylic acids is 2. The molecule has 3 aromatic rings. The minimum atomic E-state index is -0.936. The summed E-state index contributed by atoms with van der Waals surface area (Å²) >= 11 is 12.6. The van der Waals surface area contributed by atoms with Crippen LogP contribution in [0.4, 0.5) is 0 Å². The van der Waals surface area contributed by atoms with Crippen LogP contribution >= 0.6 is 23.2 Å². The van der Waals surface area contributed by atoms with Crippen LogP contribution in [0.5, 0.6) is 28.7 Å². The van der Waals surface area contributed by atoms with Gasteiger partial charge in [0.25, 0.3) is 0 Å². The van der Waals surface area contributed by atoms with Gasteiger partial charge in [0.2, 0.25) is 11.5 Å². The summed E-state index contributed by atoms with van der Waals surface area (Å²) < 4.78 is 27.4. The van der Waals surface area contributed by atoms with Gasteiger partial charge in [-0.15, -0.1) is 0 Å². The Labute approximate surface area is 212 Å². The van der Waals surface area contributed by atoms with Crippen LogP contribution in [0.3, 0.4) is 0 Å². The summed E-state index contributed by atoms with van der Waals surface area (Å²) in [5.41, 5.74) is 0.983. The fourth-order valence-electron chi connectivity index (χ4n) is 3.57. The molecule has 0 spiro atoms. The van der Waals surface area contributed by atoms with Gasteiger partial charge in [0.05, 0.1) is 50.0 Å². The summed E-state index contributed by atoms with van der Waals surface area (Å²) in [6.45, 7) is -0.399. The van der Waals surface area contributed by atoms with E-state index in [1.54, 1.807) is 30.3 Å². The van der Waals surface area contributed by atoms with Gasteiger partial charge in [-0.25, -0.2) is 0 Å². The lowest BCUT2D eigenvalue weighted by atomic mass is 9.92. The van der Waals surface area contributed by atoms with Crippen molar-refractivity contribution in [2.45, 2.75) is 5.92 Å². The zero-order valence-corrected chi connectivity index (χ0v) is 21.0. The van der Waals surface area contributed by atoms with Crippen LogP contribution in [0.1, 0.15) is 27.4 Å². The van der Waals surface area contributed by atoms with E-state index in [9.17, 15) is 9.59 Å². The third-order valence-electron chi connectivity index (χ3n) is 5.26. The molecule has 0 N–H and O–H groups in total. The molecule has 0 fully saturated rings. The second-order valence-electron chi connectivity index (χ2n) is 7.13. The van der Waals surface area contributed by atoms with E-state index in [2.05, 4.69) is 4.98 Å². The van der Waals surface area contributed by atoms with Gasteiger partial charge >= 0.3 is 0 Å². The van der Waals surface area contributed by atoms with E-state index in [0.717, 1.165) is 0 Å². The zero-order valence-electron chi connectivity index (χ0n) is 19.5. The van der Waals surface area contributed by atoms with Crippen molar-refractivity contribution in [1.82, 2.24) is 4.98 Å². The highest BCUT2D eigenvalue weighted by atomic mass is 35.5.